The Kier molecular flexibility index (Phi) is 3.50. The van der Waals surface area contributed by atoms with Gasteiger partial charge in [0.15, 0.2) is 0 Å². The summed E-state index contributed by atoms with van der Waals surface area (Å²) in [6.07, 6.45) is 5.33. The molecule has 0 saturated heterocycles. The van der Waals surface area contributed by atoms with E-state index < -0.39 is 0 Å². The van der Waals surface area contributed by atoms with E-state index in [4.69, 9.17) is 9.47 Å². The maximum atomic E-state index is 11.9. The molecule has 1 aliphatic rings. The highest BCUT2D eigenvalue weighted by Crippen LogP contribution is 2.25. The summed E-state index contributed by atoms with van der Waals surface area (Å²) in [5.41, 5.74) is 1.43. The Hall–Kier alpha value is -2.56. The second-order valence-electron chi connectivity index (χ2n) is 4.40. The highest BCUT2D eigenvalue weighted by Gasteiger charge is 2.17. The SMILES string of the molecule is O=C(OCCn1cccn1)C1=Cc2ccccc2OC1. The Morgan fingerprint density at radius 3 is 3.10 bits per heavy atom. The standard InChI is InChI=1S/C15H14N2O3/c18-15(19-9-8-17-7-3-6-16-17)13-10-12-4-1-2-5-14(12)20-11-13/h1-7,10H,8-9,11H2. The van der Waals surface area contributed by atoms with Gasteiger partial charge >= 0.3 is 5.97 Å². The Morgan fingerprint density at radius 2 is 2.25 bits per heavy atom. The number of benzene rings is 1. The van der Waals surface area contributed by atoms with E-state index in [1.807, 2.05) is 42.6 Å². The summed E-state index contributed by atoms with van der Waals surface area (Å²) in [5, 5.41) is 4.04. The molecule has 0 aliphatic carbocycles. The molecule has 0 spiro atoms. The molecule has 0 radical (unpaired) electrons. The van der Waals surface area contributed by atoms with Gasteiger partial charge in [-0.1, -0.05) is 18.2 Å². The summed E-state index contributed by atoms with van der Waals surface area (Å²) in [6, 6.07) is 9.43. The van der Waals surface area contributed by atoms with Crippen LogP contribution in [0.4, 0.5) is 0 Å². The van der Waals surface area contributed by atoms with Gasteiger partial charge in [0, 0.05) is 18.0 Å². The zero-order chi connectivity index (χ0) is 13.8. The van der Waals surface area contributed by atoms with Gasteiger partial charge in [-0.15, -0.1) is 0 Å². The molecule has 5 nitrogen and oxygen atoms in total. The Morgan fingerprint density at radius 1 is 1.35 bits per heavy atom. The molecule has 0 N–H and O–H groups in total. The second kappa shape index (κ2) is 5.61. The first-order valence-electron chi connectivity index (χ1n) is 6.40. The van der Waals surface area contributed by atoms with Gasteiger partial charge in [0.1, 0.15) is 19.0 Å². The van der Waals surface area contributed by atoms with Crippen LogP contribution in [0.15, 0.2) is 48.3 Å². The number of carbonyl (C=O) groups excluding carboxylic acids is 1. The lowest BCUT2D eigenvalue weighted by Gasteiger charge is -2.16. The van der Waals surface area contributed by atoms with E-state index in [2.05, 4.69) is 5.10 Å². The molecule has 3 rings (SSSR count). The molecule has 0 bridgehead atoms. The zero-order valence-electron chi connectivity index (χ0n) is 10.9. The smallest absolute Gasteiger partial charge is 0.337 e. The minimum atomic E-state index is -0.341. The largest absolute Gasteiger partial charge is 0.488 e. The third kappa shape index (κ3) is 2.71. The zero-order valence-corrected chi connectivity index (χ0v) is 10.9. The highest BCUT2D eigenvalue weighted by molar-refractivity contribution is 5.95. The van der Waals surface area contributed by atoms with Crippen molar-refractivity contribution in [1.29, 1.82) is 0 Å². The van der Waals surface area contributed by atoms with Gasteiger partial charge in [-0.2, -0.15) is 5.10 Å². The van der Waals surface area contributed by atoms with Crippen molar-refractivity contribution in [2.24, 2.45) is 0 Å². The second-order valence-corrected chi connectivity index (χ2v) is 4.40. The molecule has 1 aromatic carbocycles. The fraction of sp³-hybridized carbons (Fsp3) is 0.200. The molecule has 0 saturated carbocycles. The summed E-state index contributed by atoms with van der Waals surface area (Å²) in [5.74, 6) is 0.451. The van der Waals surface area contributed by atoms with Crippen molar-refractivity contribution in [1.82, 2.24) is 9.78 Å². The number of rotatable bonds is 4. The maximum absolute atomic E-state index is 11.9. The lowest BCUT2D eigenvalue weighted by Crippen LogP contribution is -2.19. The number of hydrogen-bond acceptors (Lipinski definition) is 4. The Bertz CT molecular complexity index is 632. The quantitative estimate of drug-likeness (QED) is 0.796. The normalized spacial score (nSPS) is 13.1. The van der Waals surface area contributed by atoms with E-state index in [0.29, 0.717) is 18.7 Å². The summed E-state index contributed by atoms with van der Waals surface area (Å²) in [4.78, 5) is 11.9. The van der Waals surface area contributed by atoms with Gasteiger partial charge in [0.2, 0.25) is 0 Å². The number of ether oxygens (including phenoxy) is 2. The van der Waals surface area contributed by atoms with E-state index in [0.717, 1.165) is 11.3 Å². The molecule has 1 aliphatic heterocycles. The average Bonchev–Trinajstić information content (AvgIpc) is 3.00. The predicted molar refractivity (Wildman–Crippen MR) is 73.1 cm³/mol. The molecule has 2 heterocycles. The Balaban J connectivity index is 1.59. The first-order valence-corrected chi connectivity index (χ1v) is 6.40. The number of carbonyl (C=O) groups is 1. The van der Waals surface area contributed by atoms with Crippen LogP contribution in [0.25, 0.3) is 6.08 Å². The monoisotopic (exact) mass is 270 g/mol. The van der Waals surface area contributed by atoms with E-state index in [9.17, 15) is 4.79 Å². The first kappa shape index (κ1) is 12.5. The van der Waals surface area contributed by atoms with E-state index in [1.165, 1.54) is 0 Å². The molecule has 20 heavy (non-hydrogen) atoms. The van der Waals surface area contributed by atoms with Crippen LogP contribution in [0.5, 0.6) is 5.75 Å². The summed E-state index contributed by atoms with van der Waals surface area (Å²) >= 11 is 0. The Labute approximate surface area is 116 Å². The summed E-state index contributed by atoms with van der Waals surface area (Å²) < 4.78 is 12.5. The topological polar surface area (TPSA) is 53.4 Å². The minimum Gasteiger partial charge on any atom is -0.488 e. The summed E-state index contributed by atoms with van der Waals surface area (Å²) in [7, 11) is 0. The third-order valence-electron chi connectivity index (χ3n) is 3.01. The number of fused-ring (bicyclic) bond motifs is 1. The van der Waals surface area contributed by atoms with Crippen molar-refractivity contribution in [2.75, 3.05) is 13.2 Å². The van der Waals surface area contributed by atoms with Crippen molar-refractivity contribution in [3.63, 3.8) is 0 Å². The fourth-order valence-corrected chi connectivity index (χ4v) is 1.99. The molecule has 1 aromatic heterocycles. The highest BCUT2D eigenvalue weighted by atomic mass is 16.5. The van der Waals surface area contributed by atoms with Crippen LogP contribution in [0, 0.1) is 0 Å². The van der Waals surface area contributed by atoms with Crippen molar-refractivity contribution >= 4 is 12.0 Å². The third-order valence-corrected chi connectivity index (χ3v) is 3.01. The van der Waals surface area contributed by atoms with Crippen molar-refractivity contribution < 1.29 is 14.3 Å². The first-order chi connectivity index (χ1) is 9.83. The van der Waals surface area contributed by atoms with E-state index in [-0.39, 0.29) is 12.6 Å². The molecule has 0 unspecified atom stereocenters. The van der Waals surface area contributed by atoms with Crippen molar-refractivity contribution in [2.45, 2.75) is 6.54 Å². The lowest BCUT2D eigenvalue weighted by molar-refractivity contribution is -0.139. The van der Waals surface area contributed by atoms with Crippen LogP contribution in [0.1, 0.15) is 5.56 Å². The van der Waals surface area contributed by atoms with E-state index >= 15 is 0 Å². The number of aromatic nitrogens is 2. The van der Waals surface area contributed by atoms with Gasteiger partial charge < -0.3 is 9.47 Å². The molecule has 0 fully saturated rings. The van der Waals surface area contributed by atoms with Crippen LogP contribution in [-0.4, -0.2) is 29.0 Å². The maximum Gasteiger partial charge on any atom is 0.337 e. The number of hydrogen-bond donors (Lipinski definition) is 0. The number of esters is 1. The molecule has 102 valence electrons. The molecule has 2 aromatic rings. The summed E-state index contributed by atoms with van der Waals surface area (Å²) in [6.45, 7) is 1.08. The molecule has 5 heteroatoms. The van der Waals surface area contributed by atoms with Crippen LogP contribution in [0.3, 0.4) is 0 Å². The van der Waals surface area contributed by atoms with Gasteiger partial charge in [-0.3, -0.25) is 4.68 Å². The molecule has 0 atom stereocenters. The molecular weight excluding hydrogens is 256 g/mol. The van der Waals surface area contributed by atoms with Gasteiger partial charge in [-0.25, -0.2) is 4.79 Å². The van der Waals surface area contributed by atoms with Gasteiger partial charge in [0.05, 0.1) is 12.1 Å². The minimum absolute atomic E-state index is 0.248. The predicted octanol–water partition coefficient (Wildman–Crippen LogP) is 1.90. The van der Waals surface area contributed by atoms with Crippen LogP contribution >= 0.6 is 0 Å². The molecular formula is C15H14N2O3. The van der Waals surface area contributed by atoms with E-state index in [1.54, 1.807) is 10.9 Å². The lowest BCUT2D eigenvalue weighted by atomic mass is 10.1. The molecule has 0 amide bonds. The average molecular weight is 270 g/mol. The van der Waals surface area contributed by atoms with Gasteiger partial charge in [0.25, 0.3) is 0 Å². The van der Waals surface area contributed by atoms with Gasteiger partial charge in [-0.05, 0) is 18.2 Å². The number of para-hydroxylation sites is 1. The number of nitrogens with zero attached hydrogens (tertiary/aromatic N) is 2. The van der Waals surface area contributed by atoms with Crippen LogP contribution in [-0.2, 0) is 16.1 Å². The fourth-order valence-electron chi connectivity index (χ4n) is 1.99. The van der Waals surface area contributed by atoms with Crippen molar-refractivity contribution in [3.05, 3.63) is 53.9 Å². The van der Waals surface area contributed by atoms with Crippen molar-refractivity contribution in [3.8, 4) is 5.75 Å². The van der Waals surface area contributed by atoms with Crippen LogP contribution < -0.4 is 4.74 Å². The van der Waals surface area contributed by atoms with Crippen LogP contribution in [0.2, 0.25) is 0 Å².